The second kappa shape index (κ2) is 7.04. The third kappa shape index (κ3) is 3.08. The molecule has 1 fully saturated rings. The van der Waals surface area contributed by atoms with E-state index in [2.05, 4.69) is 4.90 Å². The van der Waals surface area contributed by atoms with Crippen molar-refractivity contribution in [2.45, 2.75) is 25.5 Å². The van der Waals surface area contributed by atoms with Crippen LogP contribution in [0.4, 0.5) is 4.39 Å². The summed E-state index contributed by atoms with van der Waals surface area (Å²) in [6, 6.07) is 9.83. The molecule has 0 spiro atoms. The molecule has 3 aliphatic rings. The zero-order chi connectivity index (χ0) is 19.1. The van der Waals surface area contributed by atoms with E-state index in [4.69, 9.17) is 14.2 Å². The van der Waals surface area contributed by atoms with Gasteiger partial charge in [-0.3, -0.25) is 9.69 Å². The van der Waals surface area contributed by atoms with Gasteiger partial charge in [0.15, 0.2) is 5.76 Å². The van der Waals surface area contributed by atoms with Gasteiger partial charge in [-0.15, -0.1) is 0 Å². The van der Waals surface area contributed by atoms with Crippen molar-refractivity contribution in [1.29, 1.82) is 0 Å². The van der Waals surface area contributed by atoms with Crippen molar-refractivity contribution in [2.24, 2.45) is 0 Å². The number of ether oxygens (including phenoxy) is 3. The number of hydrogen-bond acceptors (Lipinski definition) is 5. The molecular formula is C22H20FNO4. The molecule has 2 aromatic carbocycles. The summed E-state index contributed by atoms with van der Waals surface area (Å²) in [4.78, 5) is 14.9. The maximum Gasteiger partial charge on any atom is 0.231 e. The second-order valence-corrected chi connectivity index (χ2v) is 7.30. The molecule has 0 N–H and O–H groups in total. The van der Waals surface area contributed by atoms with E-state index < -0.39 is 5.82 Å². The smallest absolute Gasteiger partial charge is 0.231 e. The monoisotopic (exact) mass is 381 g/mol. The molecule has 0 saturated carbocycles. The summed E-state index contributed by atoms with van der Waals surface area (Å²) in [5, 5.41) is 0. The quantitative estimate of drug-likeness (QED) is 0.758. The molecule has 3 aliphatic heterocycles. The number of allylic oxidation sites excluding steroid dienone is 1. The summed E-state index contributed by atoms with van der Waals surface area (Å²) in [6.45, 7) is 2.71. The first-order valence-electron chi connectivity index (χ1n) is 9.50. The highest BCUT2D eigenvalue weighted by Gasteiger charge is 2.34. The fourth-order valence-corrected chi connectivity index (χ4v) is 3.93. The van der Waals surface area contributed by atoms with Crippen LogP contribution in [-0.4, -0.2) is 36.7 Å². The molecule has 0 unspecified atom stereocenters. The zero-order valence-corrected chi connectivity index (χ0v) is 15.3. The molecule has 3 heterocycles. The Balaban J connectivity index is 1.43. The van der Waals surface area contributed by atoms with Gasteiger partial charge in [-0.25, -0.2) is 4.39 Å². The number of nitrogens with zero attached hydrogens (tertiary/aromatic N) is 1. The fraction of sp³-hybridized carbons (Fsp3) is 0.318. The minimum atomic E-state index is -0.393. The predicted molar refractivity (Wildman–Crippen MR) is 101 cm³/mol. The summed E-state index contributed by atoms with van der Waals surface area (Å²) in [5.41, 5.74) is 1.67. The number of hydrogen-bond donors (Lipinski definition) is 0. The summed E-state index contributed by atoms with van der Waals surface area (Å²) in [6.07, 6.45) is 3.83. The Labute approximate surface area is 162 Å². The number of carbonyl (C=O) groups excluding carboxylic acids is 1. The van der Waals surface area contributed by atoms with Gasteiger partial charge in [-0.1, -0.05) is 18.2 Å². The van der Waals surface area contributed by atoms with Gasteiger partial charge in [0, 0.05) is 25.3 Å². The summed E-state index contributed by atoms with van der Waals surface area (Å²) in [7, 11) is 0. The highest BCUT2D eigenvalue weighted by molar-refractivity contribution is 6.15. The van der Waals surface area contributed by atoms with Crippen molar-refractivity contribution in [3.8, 4) is 11.5 Å². The topological polar surface area (TPSA) is 48.0 Å². The third-order valence-corrected chi connectivity index (χ3v) is 5.36. The normalized spacial score (nSPS) is 22.7. The molecule has 0 radical (unpaired) electrons. The van der Waals surface area contributed by atoms with E-state index in [1.54, 1.807) is 24.3 Å². The third-order valence-electron chi connectivity index (χ3n) is 5.36. The Hall–Kier alpha value is -2.70. The van der Waals surface area contributed by atoms with E-state index in [0.717, 1.165) is 37.3 Å². The number of ketones is 1. The standard InChI is InChI=1S/C22H20FNO4/c23-18-6-2-1-4-14(18)10-20-21(25)16-7-8-19-17(22(16)28-20)12-24(13-27-19)11-15-5-3-9-26-15/h1-2,4,6-8,10,15H,3,5,9,11-13H2/b20-10-/t15-/m0/s1. The zero-order valence-electron chi connectivity index (χ0n) is 15.3. The molecule has 0 amide bonds. The maximum atomic E-state index is 14.0. The van der Waals surface area contributed by atoms with Crippen molar-refractivity contribution in [3.05, 3.63) is 64.7 Å². The van der Waals surface area contributed by atoms with Crippen LogP contribution in [0.5, 0.6) is 11.5 Å². The molecule has 28 heavy (non-hydrogen) atoms. The molecule has 0 aliphatic carbocycles. The lowest BCUT2D eigenvalue weighted by Gasteiger charge is -2.31. The van der Waals surface area contributed by atoms with E-state index in [-0.39, 0.29) is 17.6 Å². The minimum Gasteiger partial charge on any atom is -0.478 e. The number of fused-ring (bicyclic) bond motifs is 3. The van der Waals surface area contributed by atoms with Crippen LogP contribution in [0.25, 0.3) is 6.08 Å². The van der Waals surface area contributed by atoms with Crippen LogP contribution in [-0.2, 0) is 11.3 Å². The van der Waals surface area contributed by atoms with Crippen molar-refractivity contribution >= 4 is 11.9 Å². The van der Waals surface area contributed by atoms with Gasteiger partial charge in [0.25, 0.3) is 0 Å². The first-order valence-corrected chi connectivity index (χ1v) is 9.50. The van der Waals surface area contributed by atoms with Gasteiger partial charge in [0.2, 0.25) is 5.78 Å². The van der Waals surface area contributed by atoms with Crippen LogP contribution in [0.3, 0.4) is 0 Å². The van der Waals surface area contributed by atoms with E-state index in [9.17, 15) is 9.18 Å². The average Bonchev–Trinajstić information content (AvgIpc) is 3.32. The number of benzene rings is 2. The molecule has 2 aromatic rings. The molecular weight excluding hydrogens is 361 g/mol. The van der Waals surface area contributed by atoms with Crippen molar-refractivity contribution in [2.75, 3.05) is 19.9 Å². The lowest BCUT2D eigenvalue weighted by atomic mass is 10.0. The Kier molecular flexibility index (Phi) is 4.37. The van der Waals surface area contributed by atoms with Gasteiger partial charge < -0.3 is 14.2 Å². The van der Waals surface area contributed by atoms with Gasteiger partial charge >= 0.3 is 0 Å². The Bertz CT molecular complexity index is 965. The van der Waals surface area contributed by atoms with Gasteiger partial charge in [-0.05, 0) is 37.1 Å². The van der Waals surface area contributed by atoms with Crippen molar-refractivity contribution in [1.82, 2.24) is 4.90 Å². The largest absolute Gasteiger partial charge is 0.478 e. The fourth-order valence-electron chi connectivity index (χ4n) is 3.93. The maximum absolute atomic E-state index is 14.0. The SMILES string of the molecule is O=C1/C(=C/c2ccccc2F)Oc2c1ccc1c2CN(C[C@@H]2CCCO2)CO1. The van der Waals surface area contributed by atoms with Crippen LogP contribution in [0.2, 0.25) is 0 Å². The number of carbonyl (C=O) groups is 1. The summed E-state index contributed by atoms with van der Waals surface area (Å²) in [5.74, 6) is 0.738. The van der Waals surface area contributed by atoms with Gasteiger partial charge in [-0.2, -0.15) is 0 Å². The highest BCUT2D eigenvalue weighted by Crippen LogP contribution is 2.42. The Morgan fingerprint density at radius 1 is 1.21 bits per heavy atom. The predicted octanol–water partition coefficient (Wildman–Crippen LogP) is 3.77. The van der Waals surface area contributed by atoms with Crippen molar-refractivity contribution in [3.63, 3.8) is 0 Å². The molecule has 1 saturated heterocycles. The Morgan fingerprint density at radius 2 is 2.11 bits per heavy atom. The minimum absolute atomic E-state index is 0.129. The van der Waals surface area contributed by atoms with Crippen LogP contribution < -0.4 is 9.47 Å². The Morgan fingerprint density at radius 3 is 2.93 bits per heavy atom. The first kappa shape index (κ1) is 17.4. The molecule has 144 valence electrons. The number of rotatable bonds is 3. The molecule has 5 nitrogen and oxygen atoms in total. The lowest BCUT2D eigenvalue weighted by Crippen LogP contribution is -2.37. The highest BCUT2D eigenvalue weighted by atomic mass is 19.1. The van der Waals surface area contributed by atoms with Gasteiger partial charge in [0.1, 0.15) is 24.0 Å². The second-order valence-electron chi connectivity index (χ2n) is 7.30. The van der Waals surface area contributed by atoms with Crippen LogP contribution in [0.1, 0.15) is 34.3 Å². The van der Waals surface area contributed by atoms with Crippen LogP contribution >= 0.6 is 0 Å². The number of halogens is 1. The summed E-state index contributed by atoms with van der Waals surface area (Å²) >= 11 is 0. The summed E-state index contributed by atoms with van der Waals surface area (Å²) < 4.78 is 31.5. The first-order chi connectivity index (χ1) is 13.7. The molecule has 5 rings (SSSR count). The molecule has 6 heteroatoms. The van der Waals surface area contributed by atoms with Gasteiger partial charge in [0.05, 0.1) is 17.2 Å². The molecule has 0 aromatic heterocycles. The van der Waals surface area contributed by atoms with E-state index in [1.165, 1.54) is 12.1 Å². The van der Waals surface area contributed by atoms with E-state index in [1.807, 2.05) is 6.07 Å². The van der Waals surface area contributed by atoms with Crippen LogP contribution in [0.15, 0.2) is 42.2 Å². The molecule has 1 atom stereocenters. The lowest BCUT2D eigenvalue weighted by molar-refractivity contribution is 0.0274. The van der Waals surface area contributed by atoms with Crippen molar-refractivity contribution < 1.29 is 23.4 Å². The number of Topliss-reactive ketones (excluding diaryl/α,β-unsaturated/α-hetero) is 1. The molecule has 0 bridgehead atoms. The average molecular weight is 381 g/mol. The van der Waals surface area contributed by atoms with E-state index >= 15 is 0 Å². The van der Waals surface area contributed by atoms with E-state index in [0.29, 0.717) is 30.2 Å². The van der Waals surface area contributed by atoms with Crippen LogP contribution in [0, 0.1) is 5.82 Å².